The molecule has 0 atom stereocenters. The van der Waals surface area contributed by atoms with Crippen LogP contribution in [0, 0.1) is 6.92 Å². The minimum Gasteiger partial charge on any atom is -0.493 e. The summed E-state index contributed by atoms with van der Waals surface area (Å²) in [6.07, 6.45) is 1.77. The van der Waals surface area contributed by atoms with Gasteiger partial charge < -0.3 is 9.47 Å². The zero-order valence-electron chi connectivity index (χ0n) is 9.31. The highest BCUT2D eigenvalue weighted by atomic mass is 16.5. The highest BCUT2D eigenvalue weighted by molar-refractivity contribution is 5.41. The Labute approximate surface area is 94.7 Å². The first kappa shape index (κ1) is 10.5. The smallest absolute Gasteiger partial charge is 0.219 e. The molecule has 0 spiro atoms. The molecule has 3 heteroatoms. The van der Waals surface area contributed by atoms with E-state index < -0.39 is 0 Å². The molecule has 1 heterocycles. The molecule has 0 aliphatic heterocycles. The van der Waals surface area contributed by atoms with Gasteiger partial charge in [0.1, 0.15) is 0 Å². The Kier molecular flexibility index (Phi) is 3.05. The van der Waals surface area contributed by atoms with Crippen molar-refractivity contribution in [3.63, 3.8) is 0 Å². The number of benzene rings is 1. The van der Waals surface area contributed by atoms with E-state index in [0.717, 1.165) is 5.56 Å². The third kappa shape index (κ3) is 2.31. The monoisotopic (exact) mass is 215 g/mol. The van der Waals surface area contributed by atoms with Gasteiger partial charge >= 0.3 is 0 Å². The number of aromatic nitrogens is 1. The second kappa shape index (κ2) is 4.66. The molecule has 2 aromatic rings. The van der Waals surface area contributed by atoms with E-state index in [1.54, 1.807) is 13.3 Å². The Balaban J connectivity index is 2.23. The van der Waals surface area contributed by atoms with Crippen molar-refractivity contribution in [1.82, 2.24) is 4.98 Å². The lowest BCUT2D eigenvalue weighted by molar-refractivity contribution is 0.374. The predicted molar refractivity (Wildman–Crippen MR) is 62.0 cm³/mol. The highest BCUT2D eigenvalue weighted by Crippen LogP contribution is 2.29. The molecule has 0 unspecified atom stereocenters. The van der Waals surface area contributed by atoms with Crippen molar-refractivity contribution in [3.05, 3.63) is 48.2 Å². The first-order valence-electron chi connectivity index (χ1n) is 5.03. The average Bonchev–Trinajstić information content (AvgIpc) is 2.33. The summed E-state index contributed by atoms with van der Waals surface area (Å²) in [5.74, 6) is 1.93. The van der Waals surface area contributed by atoms with Crippen molar-refractivity contribution >= 4 is 0 Å². The molecule has 0 saturated carbocycles. The van der Waals surface area contributed by atoms with E-state index in [-0.39, 0.29) is 0 Å². The number of para-hydroxylation sites is 2. The number of rotatable bonds is 3. The van der Waals surface area contributed by atoms with Gasteiger partial charge in [0.15, 0.2) is 11.5 Å². The van der Waals surface area contributed by atoms with E-state index in [9.17, 15) is 0 Å². The van der Waals surface area contributed by atoms with Crippen molar-refractivity contribution in [2.45, 2.75) is 6.92 Å². The standard InChI is InChI=1S/C13H13NO2/c1-10-7-8-13(14-9-10)16-12-6-4-3-5-11(12)15-2/h3-9H,1-2H3. The van der Waals surface area contributed by atoms with Crippen LogP contribution in [0.25, 0.3) is 0 Å². The Morgan fingerprint density at radius 2 is 1.75 bits per heavy atom. The van der Waals surface area contributed by atoms with Gasteiger partial charge in [-0.25, -0.2) is 4.98 Å². The van der Waals surface area contributed by atoms with Gasteiger partial charge in [0.25, 0.3) is 0 Å². The largest absolute Gasteiger partial charge is 0.493 e. The minimum atomic E-state index is 0.565. The number of methoxy groups -OCH3 is 1. The fraction of sp³-hybridized carbons (Fsp3) is 0.154. The Morgan fingerprint density at radius 3 is 2.38 bits per heavy atom. The third-order valence-corrected chi connectivity index (χ3v) is 2.17. The quantitative estimate of drug-likeness (QED) is 0.787. The van der Waals surface area contributed by atoms with Crippen molar-refractivity contribution < 1.29 is 9.47 Å². The van der Waals surface area contributed by atoms with Gasteiger partial charge in [0.05, 0.1) is 7.11 Å². The average molecular weight is 215 g/mol. The van der Waals surface area contributed by atoms with Crippen LogP contribution in [-0.2, 0) is 0 Å². The lowest BCUT2D eigenvalue weighted by Gasteiger charge is -2.08. The van der Waals surface area contributed by atoms with Gasteiger partial charge in [-0.3, -0.25) is 0 Å². The van der Waals surface area contributed by atoms with Crippen LogP contribution >= 0.6 is 0 Å². The summed E-state index contributed by atoms with van der Waals surface area (Å²) >= 11 is 0. The van der Waals surface area contributed by atoms with Gasteiger partial charge in [-0.05, 0) is 24.6 Å². The normalized spacial score (nSPS) is 9.88. The molecule has 0 N–H and O–H groups in total. The number of hydrogen-bond acceptors (Lipinski definition) is 3. The van der Waals surface area contributed by atoms with Crippen LogP contribution in [-0.4, -0.2) is 12.1 Å². The third-order valence-electron chi connectivity index (χ3n) is 2.17. The number of hydrogen-bond donors (Lipinski definition) is 0. The molecule has 0 amide bonds. The number of aryl methyl sites for hydroxylation is 1. The second-order valence-corrected chi connectivity index (χ2v) is 3.43. The molecule has 3 nitrogen and oxygen atoms in total. The Bertz CT molecular complexity index is 466. The molecule has 0 fully saturated rings. The molecule has 1 aromatic carbocycles. The summed E-state index contributed by atoms with van der Waals surface area (Å²) in [4.78, 5) is 4.17. The highest BCUT2D eigenvalue weighted by Gasteiger charge is 2.04. The lowest BCUT2D eigenvalue weighted by atomic mass is 10.3. The predicted octanol–water partition coefficient (Wildman–Crippen LogP) is 3.19. The summed E-state index contributed by atoms with van der Waals surface area (Å²) in [5.41, 5.74) is 1.10. The SMILES string of the molecule is COc1ccccc1Oc1ccc(C)cn1. The van der Waals surface area contributed by atoms with E-state index in [2.05, 4.69) is 4.98 Å². The Morgan fingerprint density at radius 1 is 1.00 bits per heavy atom. The van der Waals surface area contributed by atoms with E-state index in [0.29, 0.717) is 17.4 Å². The van der Waals surface area contributed by atoms with Crippen molar-refractivity contribution in [3.8, 4) is 17.4 Å². The molecule has 0 saturated heterocycles. The van der Waals surface area contributed by atoms with E-state index in [4.69, 9.17) is 9.47 Å². The van der Waals surface area contributed by atoms with Crippen LogP contribution in [0.1, 0.15) is 5.56 Å². The molecule has 0 aliphatic carbocycles. The van der Waals surface area contributed by atoms with Crippen LogP contribution in [0.2, 0.25) is 0 Å². The van der Waals surface area contributed by atoms with Gasteiger partial charge in [-0.2, -0.15) is 0 Å². The van der Waals surface area contributed by atoms with Gasteiger partial charge in [-0.1, -0.05) is 18.2 Å². The molecule has 0 radical (unpaired) electrons. The van der Waals surface area contributed by atoms with Crippen molar-refractivity contribution in [2.24, 2.45) is 0 Å². The Hall–Kier alpha value is -2.03. The van der Waals surface area contributed by atoms with Crippen LogP contribution in [0.5, 0.6) is 17.4 Å². The summed E-state index contributed by atoms with van der Waals surface area (Å²) < 4.78 is 10.8. The van der Waals surface area contributed by atoms with Crippen LogP contribution in [0.3, 0.4) is 0 Å². The van der Waals surface area contributed by atoms with Crippen LogP contribution in [0.15, 0.2) is 42.6 Å². The summed E-state index contributed by atoms with van der Waals surface area (Å²) in [7, 11) is 1.62. The molecule has 0 aliphatic rings. The van der Waals surface area contributed by atoms with Crippen LogP contribution in [0.4, 0.5) is 0 Å². The minimum absolute atomic E-state index is 0.565. The number of ether oxygens (including phenoxy) is 2. The molecule has 16 heavy (non-hydrogen) atoms. The fourth-order valence-electron chi connectivity index (χ4n) is 1.33. The first-order chi connectivity index (χ1) is 7.79. The molecule has 82 valence electrons. The van der Waals surface area contributed by atoms with Gasteiger partial charge in [0.2, 0.25) is 5.88 Å². The van der Waals surface area contributed by atoms with Crippen LogP contribution < -0.4 is 9.47 Å². The summed E-state index contributed by atoms with van der Waals surface area (Å²) in [5, 5.41) is 0. The maximum absolute atomic E-state index is 5.62. The zero-order chi connectivity index (χ0) is 11.4. The second-order valence-electron chi connectivity index (χ2n) is 3.43. The summed E-state index contributed by atoms with van der Waals surface area (Å²) in [6, 6.07) is 11.3. The summed E-state index contributed by atoms with van der Waals surface area (Å²) in [6.45, 7) is 1.99. The molecular formula is C13H13NO2. The van der Waals surface area contributed by atoms with E-state index in [1.165, 1.54) is 0 Å². The number of nitrogens with zero attached hydrogens (tertiary/aromatic N) is 1. The van der Waals surface area contributed by atoms with Gasteiger partial charge in [0, 0.05) is 12.3 Å². The molecular weight excluding hydrogens is 202 g/mol. The maximum Gasteiger partial charge on any atom is 0.219 e. The van der Waals surface area contributed by atoms with Crippen molar-refractivity contribution in [1.29, 1.82) is 0 Å². The molecule has 0 bridgehead atoms. The topological polar surface area (TPSA) is 31.4 Å². The number of pyridine rings is 1. The van der Waals surface area contributed by atoms with Crippen molar-refractivity contribution in [2.75, 3.05) is 7.11 Å². The lowest BCUT2D eigenvalue weighted by Crippen LogP contribution is -1.91. The molecule has 2 rings (SSSR count). The zero-order valence-corrected chi connectivity index (χ0v) is 9.31. The van der Waals surface area contributed by atoms with E-state index in [1.807, 2.05) is 43.3 Å². The maximum atomic E-state index is 5.62. The fourth-order valence-corrected chi connectivity index (χ4v) is 1.33. The van der Waals surface area contributed by atoms with Gasteiger partial charge in [-0.15, -0.1) is 0 Å². The molecule has 1 aromatic heterocycles. The van der Waals surface area contributed by atoms with E-state index >= 15 is 0 Å². The first-order valence-corrected chi connectivity index (χ1v) is 5.03.